The van der Waals surface area contributed by atoms with Gasteiger partial charge in [-0.3, -0.25) is 4.79 Å². The minimum absolute atomic E-state index is 0.0465. The van der Waals surface area contributed by atoms with Gasteiger partial charge < -0.3 is 19.8 Å². The molecule has 4 rings (SSSR count). The molecular formula is C19H19N3O3S. The molecule has 2 atom stereocenters. The monoisotopic (exact) mass is 369 g/mol. The normalized spacial score (nSPS) is 22.0. The summed E-state index contributed by atoms with van der Waals surface area (Å²) in [6.45, 7) is 3.12. The van der Waals surface area contributed by atoms with Crippen molar-refractivity contribution < 1.29 is 9.47 Å². The Kier molecular flexibility index (Phi) is 4.31. The van der Waals surface area contributed by atoms with Crippen molar-refractivity contribution in [1.29, 1.82) is 5.26 Å². The summed E-state index contributed by atoms with van der Waals surface area (Å²) in [4.78, 5) is 14.3. The highest BCUT2D eigenvalue weighted by Crippen LogP contribution is 2.42. The lowest BCUT2D eigenvalue weighted by atomic mass is 9.88. The molecule has 0 bridgehead atoms. The van der Waals surface area contributed by atoms with Gasteiger partial charge in [-0.15, -0.1) is 11.3 Å². The van der Waals surface area contributed by atoms with Gasteiger partial charge in [-0.05, 0) is 31.2 Å². The van der Waals surface area contributed by atoms with Gasteiger partial charge in [-0.2, -0.15) is 5.26 Å². The fourth-order valence-electron chi connectivity index (χ4n) is 3.65. The number of nitrogens with zero attached hydrogens (tertiary/aromatic N) is 2. The maximum Gasteiger partial charge on any atom is 0.258 e. The first-order chi connectivity index (χ1) is 12.6. The van der Waals surface area contributed by atoms with E-state index in [4.69, 9.17) is 15.2 Å². The topological polar surface area (TPSA) is 90.3 Å². The van der Waals surface area contributed by atoms with Crippen molar-refractivity contribution in [3.63, 3.8) is 0 Å². The summed E-state index contributed by atoms with van der Waals surface area (Å²) >= 11 is 1.50. The summed E-state index contributed by atoms with van der Waals surface area (Å²) in [5.74, 6) is 0.00710. The van der Waals surface area contributed by atoms with Crippen molar-refractivity contribution in [1.82, 2.24) is 4.57 Å². The summed E-state index contributed by atoms with van der Waals surface area (Å²) in [5, 5.41) is 11.5. The van der Waals surface area contributed by atoms with E-state index in [0.29, 0.717) is 17.9 Å². The smallest absolute Gasteiger partial charge is 0.258 e. The van der Waals surface area contributed by atoms with E-state index in [1.54, 1.807) is 4.57 Å². The third-order valence-electron chi connectivity index (χ3n) is 4.93. The van der Waals surface area contributed by atoms with Gasteiger partial charge in [0.1, 0.15) is 17.4 Å². The Morgan fingerprint density at radius 3 is 3.00 bits per heavy atom. The molecule has 6 nitrogen and oxygen atoms in total. The Morgan fingerprint density at radius 2 is 2.35 bits per heavy atom. The molecule has 2 aromatic heterocycles. The molecular weight excluding hydrogens is 350 g/mol. The Bertz CT molecular complexity index is 963. The lowest BCUT2D eigenvalue weighted by Crippen LogP contribution is -2.34. The van der Waals surface area contributed by atoms with Crippen LogP contribution in [0.5, 0.6) is 5.75 Å². The highest BCUT2D eigenvalue weighted by Gasteiger charge is 2.35. The number of pyridine rings is 1. The molecule has 2 aliphatic rings. The molecule has 1 fully saturated rings. The van der Waals surface area contributed by atoms with Crippen molar-refractivity contribution in [3.05, 3.63) is 61.5 Å². The molecule has 0 radical (unpaired) electrons. The quantitative estimate of drug-likeness (QED) is 0.898. The molecule has 0 aliphatic carbocycles. The summed E-state index contributed by atoms with van der Waals surface area (Å²) in [6.07, 6.45) is 2.01. The summed E-state index contributed by atoms with van der Waals surface area (Å²) in [7, 11) is 0. The third kappa shape index (κ3) is 2.71. The molecule has 1 saturated heterocycles. The predicted octanol–water partition coefficient (Wildman–Crippen LogP) is 2.62. The number of hydrogen-bond acceptors (Lipinski definition) is 6. The molecule has 2 aromatic rings. The molecule has 7 heteroatoms. The van der Waals surface area contributed by atoms with Crippen LogP contribution in [0.25, 0.3) is 0 Å². The van der Waals surface area contributed by atoms with E-state index in [-0.39, 0.29) is 23.1 Å². The maximum atomic E-state index is 13.4. The van der Waals surface area contributed by atoms with E-state index in [0.717, 1.165) is 30.0 Å². The summed E-state index contributed by atoms with van der Waals surface area (Å²) < 4.78 is 13.1. The van der Waals surface area contributed by atoms with Crippen LogP contribution in [-0.2, 0) is 11.3 Å². The summed E-state index contributed by atoms with van der Waals surface area (Å²) in [6, 6.07) is 7.78. The number of nitriles is 1. The van der Waals surface area contributed by atoms with E-state index in [1.165, 1.54) is 11.3 Å². The van der Waals surface area contributed by atoms with Gasteiger partial charge in [0.15, 0.2) is 0 Å². The molecule has 26 heavy (non-hydrogen) atoms. The Morgan fingerprint density at radius 1 is 1.50 bits per heavy atom. The number of aryl methyl sites for hydroxylation is 1. The van der Waals surface area contributed by atoms with Crippen LogP contribution >= 0.6 is 11.3 Å². The second-order valence-corrected chi connectivity index (χ2v) is 7.53. The van der Waals surface area contributed by atoms with E-state index >= 15 is 0 Å². The first-order valence-corrected chi connectivity index (χ1v) is 9.45. The van der Waals surface area contributed by atoms with Crippen molar-refractivity contribution in [2.75, 3.05) is 6.61 Å². The van der Waals surface area contributed by atoms with Gasteiger partial charge in [0.2, 0.25) is 5.88 Å². The average molecular weight is 369 g/mol. The minimum Gasteiger partial charge on any atom is -0.440 e. The van der Waals surface area contributed by atoms with Gasteiger partial charge in [-0.25, -0.2) is 0 Å². The van der Waals surface area contributed by atoms with Gasteiger partial charge in [-0.1, -0.05) is 6.07 Å². The zero-order valence-electron chi connectivity index (χ0n) is 14.4. The van der Waals surface area contributed by atoms with Crippen molar-refractivity contribution in [3.8, 4) is 11.8 Å². The molecule has 134 valence electrons. The summed E-state index contributed by atoms with van der Waals surface area (Å²) in [5.41, 5.74) is 7.39. The number of nitrogens with two attached hydrogens (primary N) is 1. The fourth-order valence-corrected chi connectivity index (χ4v) is 4.49. The zero-order valence-corrected chi connectivity index (χ0v) is 15.2. The largest absolute Gasteiger partial charge is 0.440 e. The molecule has 0 aromatic carbocycles. The first kappa shape index (κ1) is 16.9. The van der Waals surface area contributed by atoms with E-state index < -0.39 is 5.92 Å². The highest BCUT2D eigenvalue weighted by molar-refractivity contribution is 7.10. The van der Waals surface area contributed by atoms with Crippen molar-refractivity contribution in [2.24, 2.45) is 5.73 Å². The molecule has 2 aliphatic heterocycles. The second-order valence-electron chi connectivity index (χ2n) is 6.55. The van der Waals surface area contributed by atoms with E-state index in [2.05, 4.69) is 6.07 Å². The molecule has 0 saturated carbocycles. The van der Waals surface area contributed by atoms with Crippen LogP contribution in [0.15, 0.2) is 39.8 Å². The molecule has 0 amide bonds. The third-order valence-corrected chi connectivity index (χ3v) is 5.86. The van der Waals surface area contributed by atoms with Crippen LogP contribution < -0.4 is 16.0 Å². The number of hydrogen-bond donors (Lipinski definition) is 1. The Hall–Kier alpha value is -2.56. The van der Waals surface area contributed by atoms with Crippen LogP contribution in [-0.4, -0.2) is 17.3 Å². The molecule has 4 heterocycles. The number of aromatic nitrogens is 1. The molecule has 0 unspecified atom stereocenters. The Labute approximate surface area is 155 Å². The van der Waals surface area contributed by atoms with Crippen LogP contribution in [0.1, 0.15) is 34.9 Å². The maximum absolute atomic E-state index is 13.4. The lowest BCUT2D eigenvalue weighted by molar-refractivity contribution is 0.0955. The Balaban J connectivity index is 1.88. The van der Waals surface area contributed by atoms with Gasteiger partial charge >= 0.3 is 0 Å². The van der Waals surface area contributed by atoms with Crippen molar-refractivity contribution in [2.45, 2.75) is 38.3 Å². The minimum atomic E-state index is -0.493. The zero-order chi connectivity index (χ0) is 18.3. The average Bonchev–Trinajstić information content (AvgIpc) is 3.31. The second kappa shape index (κ2) is 6.63. The number of fused-ring (bicyclic) bond motifs is 1. The first-order valence-electron chi connectivity index (χ1n) is 8.57. The number of allylic oxidation sites excluding steroid dienone is 1. The van der Waals surface area contributed by atoms with Crippen LogP contribution in [0.3, 0.4) is 0 Å². The SMILES string of the molecule is Cc1cc2c(c(=O)n1C[C@H]1CCCO1)[C@@H](c1cccs1)C(C#N)=C(N)O2. The fraction of sp³-hybridized carbons (Fsp3) is 0.368. The number of thiophene rings is 1. The number of rotatable bonds is 3. The lowest BCUT2D eigenvalue weighted by Gasteiger charge is -2.27. The molecule has 0 spiro atoms. The highest BCUT2D eigenvalue weighted by atomic mass is 32.1. The van der Waals surface area contributed by atoms with Crippen LogP contribution in [0.2, 0.25) is 0 Å². The van der Waals surface area contributed by atoms with Crippen molar-refractivity contribution >= 4 is 11.3 Å². The van der Waals surface area contributed by atoms with Crippen LogP contribution in [0.4, 0.5) is 0 Å². The van der Waals surface area contributed by atoms with Gasteiger partial charge in [0.25, 0.3) is 5.56 Å². The van der Waals surface area contributed by atoms with Crippen LogP contribution in [0, 0.1) is 18.3 Å². The number of ether oxygens (including phenoxy) is 2. The van der Waals surface area contributed by atoms with Gasteiger partial charge in [0, 0.05) is 23.2 Å². The predicted molar refractivity (Wildman–Crippen MR) is 98.0 cm³/mol. The molecule has 2 N–H and O–H groups in total. The standard InChI is InChI=1S/C19H19N3O3S/c1-11-8-14-17(19(23)22(11)10-12-4-2-6-24-12)16(15-5-3-7-26-15)13(9-20)18(21)25-14/h3,5,7-8,12,16H,2,4,6,10,21H2,1H3/t12-,16-/m1/s1. The van der Waals surface area contributed by atoms with E-state index in [1.807, 2.05) is 30.5 Å². The van der Waals surface area contributed by atoms with E-state index in [9.17, 15) is 10.1 Å². The van der Waals surface area contributed by atoms with Gasteiger partial charge in [0.05, 0.1) is 24.1 Å².